The fraction of sp³-hybridized carbons (Fsp3) is 0.429. The number of aromatic nitrogens is 3. The molecule has 2 rings (SSSR count). The molecule has 1 aromatic heterocycles. The van der Waals surface area contributed by atoms with Crippen LogP contribution in [0.4, 0.5) is 0 Å². The number of aryl methyl sites for hydroxylation is 2. The van der Waals surface area contributed by atoms with Crippen molar-refractivity contribution < 1.29 is 0 Å². The van der Waals surface area contributed by atoms with Crippen LogP contribution in [0.25, 0.3) is 0 Å². The summed E-state index contributed by atoms with van der Waals surface area (Å²) in [5.41, 5.74) is 2.76. The van der Waals surface area contributed by atoms with Gasteiger partial charge < -0.3 is 9.88 Å². The second-order valence-electron chi connectivity index (χ2n) is 4.58. The van der Waals surface area contributed by atoms with E-state index in [-0.39, 0.29) is 0 Å². The molecule has 0 radical (unpaired) electrons. The molecule has 0 aliphatic rings. The highest BCUT2D eigenvalue weighted by molar-refractivity contribution is 5.25. The molecule has 96 valence electrons. The maximum atomic E-state index is 4.13. The Labute approximate surface area is 108 Å². The van der Waals surface area contributed by atoms with E-state index >= 15 is 0 Å². The van der Waals surface area contributed by atoms with Crippen LogP contribution in [0.15, 0.2) is 24.3 Å². The molecule has 0 fully saturated rings. The van der Waals surface area contributed by atoms with Crippen LogP contribution in [-0.4, -0.2) is 21.3 Å². The van der Waals surface area contributed by atoms with Crippen molar-refractivity contribution >= 4 is 0 Å². The van der Waals surface area contributed by atoms with E-state index in [4.69, 9.17) is 0 Å². The van der Waals surface area contributed by atoms with Gasteiger partial charge in [0.05, 0.1) is 6.54 Å². The lowest BCUT2D eigenvalue weighted by molar-refractivity contribution is 0.632. The van der Waals surface area contributed by atoms with E-state index in [1.54, 1.807) is 0 Å². The Bertz CT molecular complexity index is 516. The standard InChI is InChI=1S/C14H20N4/c1-11-6-4-5-7-13(11)8-9-15-10-14-17-16-12(2)18(14)3/h4-7,15H,8-10H2,1-3H3. The average Bonchev–Trinajstić information content (AvgIpc) is 2.68. The van der Waals surface area contributed by atoms with Crippen LogP contribution in [0.3, 0.4) is 0 Å². The highest BCUT2D eigenvalue weighted by Crippen LogP contribution is 2.07. The lowest BCUT2D eigenvalue weighted by Gasteiger charge is -2.07. The summed E-state index contributed by atoms with van der Waals surface area (Å²) in [4.78, 5) is 0. The normalized spacial score (nSPS) is 10.8. The molecule has 0 unspecified atom stereocenters. The molecule has 0 saturated carbocycles. The number of nitrogens with one attached hydrogen (secondary N) is 1. The van der Waals surface area contributed by atoms with Gasteiger partial charge in [-0.1, -0.05) is 24.3 Å². The van der Waals surface area contributed by atoms with E-state index in [1.807, 2.05) is 18.5 Å². The Morgan fingerprint density at radius 1 is 1.17 bits per heavy atom. The average molecular weight is 244 g/mol. The Kier molecular flexibility index (Phi) is 4.10. The molecule has 1 aromatic carbocycles. The van der Waals surface area contributed by atoms with Crippen LogP contribution in [0.5, 0.6) is 0 Å². The van der Waals surface area contributed by atoms with Crippen molar-refractivity contribution in [2.45, 2.75) is 26.8 Å². The predicted octanol–water partition coefficient (Wildman–Crippen LogP) is 1.76. The van der Waals surface area contributed by atoms with E-state index < -0.39 is 0 Å². The minimum atomic E-state index is 0.767. The van der Waals surface area contributed by atoms with Crippen LogP contribution in [0.2, 0.25) is 0 Å². The molecule has 2 aromatic rings. The van der Waals surface area contributed by atoms with Crippen molar-refractivity contribution in [3.8, 4) is 0 Å². The van der Waals surface area contributed by atoms with Gasteiger partial charge in [-0.15, -0.1) is 10.2 Å². The Balaban J connectivity index is 1.80. The van der Waals surface area contributed by atoms with Crippen molar-refractivity contribution in [3.63, 3.8) is 0 Å². The van der Waals surface area contributed by atoms with Crippen LogP contribution in [-0.2, 0) is 20.0 Å². The highest BCUT2D eigenvalue weighted by atomic mass is 15.3. The highest BCUT2D eigenvalue weighted by Gasteiger charge is 2.03. The molecular formula is C14H20N4. The minimum Gasteiger partial charge on any atom is -0.317 e. The van der Waals surface area contributed by atoms with Crippen molar-refractivity contribution in [1.29, 1.82) is 0 Å². The van der Waals surface area contributed by atoms with E-state index in [0.717, 1.165) is 31.2 Å². The zero-order valence-corrected chi connectivity index (χ0v) is 11.3. The molecule has 0 spiro atoms. The van der Waals surface area contributed by atoms with Gasteiger partial charge in [0.1, 0.15) is 11.6 Å². The van der Waals surface area contributed by atoms with Gasteiger partial charge in [-0.2, -0.15) is 0 Å². The Hall–Kier alpha value is -1.68. The summed E-state index contributed by atoms with van der Waals surface area (Å²) in [5.74, 6) is 1.93. The van der Waals surface area contributed by atoms with Gasteiger partial charge >= 0.3 is 0 Å². The first-order valence-electron chi connectivity index (χ1n) is 6.28. The smallest absolute Gasteiger partial charge is 0.146 e. The molecule has 0 atom stereocenters. The van der Waals surface area contributed by atoms with Gasteiger partial charge in [-0.25, -0.2) is 0 Å². The van der Waals surface area contributed by atoms with Gasteiger partial charge in [0.25, 0.3) is 0 Å². The van der Waals surface area contributed by atoms with E-state index in [9.17, 15) is 0 Å². The number of rotatable bonds is 5. The van der Waals surface area contributed by atoms with E-state index in [1.165, 1.54) is 11.1 Å². The number of nitrogens with zero attached hydrogens (tertiary/aromatic N) is 3. The maximum Gasteiger partial charge on any atom is 0.146 e. The third-order valence-electron chi connectivity index (χ3n) is 3.30. The molecule has 0 bridgehead atoms. The zero-order valence-electron chi connectivity index (χ0n) is 11.3. The first-order valence-corrected chi connectivity index (χ1v) is 6.28. The molecule has 18 heavy (non-hydrogen) atoms. The lowest BCUT2D eigenvalue weighted by atomic mass is 10.1. The summed E-state index contributed by atoms with van der Waals surface area (Å²) >= 11 is 0. The summed E-state index contributed by atoms with van der Waals surface area (Å²) in [7, 11) is 1.99. The number of hydrogen-bond acceptors (Lipinski definition) is 3. The monoisotopic (exact) mass is 244 g/mol. The molecular weight excluding hydrogens is 224 g/mol. The third kappa shape index (κ3) is 2.96. The van der Waals surface area contributed by atoms with Gasteiger partial charge in [0, 0.05) is 7.05 Å². The van der Waals surface area contributed by atoms with Gasteiger partial charge in [-0.3, -0.25) is 0 Å². The fourth-order valence-corrected chi connectivity index (χ4v) is 1.92. The van der Waals surface area contributed by atoms with Crippen molar-refractivity contribution in [3.05, 3.63) is 47.0 Å². The van der Waals surface area contributed by atoms with Crippen molar-refractivity contribution in [1.82, 2.24) is 20.1 Å². The largest absolute Gasteiger partial charge is 0.317 e. The molecule has 0 amide bonds. The fourth-order valence-electron chi connectivity index (χ4n) is 1.92. The quantitative estimate of drug-likeness (QED) is 0.815. The Morgan fingerprint density at radius 3 is 2.61 bits per heavy atom. The van der Waals surface area contributed by atoms with Gasteiger partial charge in [0.15, 0.2) is 0 Å². The van der Waals surface area contributed by atoms with Crippen LogP contribution in [0, 0.1) is 13.8 Å². The van der Waals surface area contributed by atoms with Crippen molar-refractivity contribution in [2.24, 2.45) is 7.05 Å². The Morgan fingerprint density at radius 2 is 1.94 bits per heavy atom. The second kappa shape index (κ2) is 5.78. The van der Waals surface area contributed by atoms with E-state index in [0.29, 0.717) is 0 Å². The first-order chi connectivity index (χ1) is 8.68. The topological polar surface area (TPSA) is 42.7 Å². The molecule has 1 N–H and O–H groups in total. The summed E-state index contributed by atoms with van der Waals surface area (Å²) in [6, 6.07) is 8.51. The second-order valence-corrected chi connectivity index (χ2v) is 4.58. The molecule has 4 nitrogen and oxygen atoms in total. The number of hydrogen-bond donors (Lipinski definition) is 1. The lowest BCUT2D eigenvalue weighted by Crippen LogP contribution is -2.19. The van der Waals surface area contributed by atoms with Crippen LogP contribution < -0.4 is 5.32 Å². The molecule has 0 aliphatic heterocycles. The van der Waals surface area contributed by atoms with Crippen LogP contribution >= 0.6 is 0 Å². The summed E-state index contributed by atoms with van der Waals surface area (Å²) in [5, 5.41) is 11.6. The molecule has 0 aliphatic carbocycles. The van der Waals surface area contributed by atoms with Gasteiger partial charge in [0.2, 0.25) is 0 Å². The third-order valence-corrected chi connectivity index (χ3v) is 3.30. The summed E-state index contributed by atoms with van der Waals surface area (Å²) < 4.78 is 2.01. The van der Waals surface area contributed by atoms with Gasteiger partial charge in [-0.05, 0) is 37.9 Å². The number of benzene rings is 1. The summed E-state index contributed by atoms with van der Waals surface area (Å²) in [6.07, 6.45) is 1.05. The van der Waals surface area contributed by atoms with Crippen LogP contribution in [0.1, 0.15) is 22.8 Å². The maximum absolute atomic E-state index is 4.13. The predicted molar refractivity (Wildman–Crippen MR) is 72.3 cm³/mol. The first kappa shape index (κ1) is 12.8. The molecule has 4 heteroatoms. The van der Waals surface area contributed by atoms with Crippen molar-refractivity contribution in [2.75, 3.05) is 6.54 Å². The molecule has 1 heterocycles. The minimum absolute atomic E-state index is 0.767. The molecule has 0 saturated heterocycles. The SMILES string of the molecule is Cc1ccccc1CCNCc1nnc(C)n1C. The van der Waals surface area contributed by atoms with E-state index in [2.05, 4.69) is 46.7 Å². The zero-order chi connectivity index (χ0) is 13.0. The summed E-state index contributed by atoms with van der Waals surface area (Å²) in [6.45, 7) is 5.84.